The van der Waals surface area contributed by atoms with E-state index < -0.39 is 17.3 Å². The molecule has 2 aromatic rings. The number of nitrogens with two attached hydrogens (primary N) is 1. The van der Waals surface area contributed by atoms with E-state index in [1.807, 2.05) is 0 Å². The molecule has 0 fully saturated rings. The smallest absolute Gasteiger partial charge is 0.383 e. The van der Waals surface area contributed by atoms with Gasteiger partial charge < -0.3 is 10.3 Å². The molecule has 124 valence electrons. The van der Waals surface area contributed by atoms with Crippen LogP contribution in [0.5, 0.6) is 0 Å². The van der Waals surface area contributed by atoms with Crippen LogP contribution in [0.25, 0.3) is 0 Å². The summed E-state index contributed by atoms with van der Waals surface area (Å²) in [6.07, 6.45) is -3.29. The molecule has 1 aromatic heterocycles. The molecule has 3 N–H and O–H groups in total. The van der Waals surface area contributed by atoms with Crippen molar-refractivity contribution in [2.75, 3.05) is 5.01 Å². The molecule has 1 aliphatic heterocycles. The van der Waals surface area contributed by atoms with Gasteiger partial charge in [-0.15, -0.1) is 0 Å². The molecule has 0 radical (unpaired) electrons. The number of alkyl halides is 3. The Morgan fingerprint density at radius 1 is 1.17 bits per heavy atom. The number of anilines is 1. The van der Waals surface area contributed by atoms with Crippen LogP contribution in [0, 0.1) is 11.3 Å². The molecule has 24 heavy (non-hydrogen) atoms. The molecule has 0 saturated carbocycles. The molecule has 8 heteroatoms. The lowest BCUT2D eigenvalue weighted by molar-refractivity contribution is -0.186. The van der Waals surface area contributed by atoms with Gasteiger partial charge in [-0.3, -0.25) is 5.01 Å². The zero-order chi connectivity index (χ0) is 17.5. The Balaban J connectivity index is 2.25. The predicted octanol–water partition coefficient (Wildman–Crippen LogP) is 2.50. The zero-order valence-electron chi connectivity index (χ0n) is 12.7. The van der Waals surface area contributed by atoms with Gasteiger partial charge in [-0.1, -0.05) is 18.2 Å². The van der Waals surface area contributed by atoms with Crippen molar-refractivity contribution in [3.05, 3.63) is 65.7 Å². The highest BCUT2D eigenvalue weighted by molar-refractivity contribution is 5.60. The van der Waals surface area contributed by atoms with E-state index >= 15 is 0 Å². The zero-order valence-corrected chi connectivity index (χ0v) is 12.7. The van der Waals surface area contributed by atoms with Crippen molar-refractivity contribution in [1.82, 2.24) is 9.99 Å². The lowest BCUT2D eigenvalue weighted by atomic mass is 9.87. The lowest BCUT2D eigenvalue weighted by Crippen LogP contribution is -2.56. The van der Waals surface area contributed by atoms with Crippen molar-refractivity contribution in [3.63, 3.8) is 0 Å². The Bertz CT molecular complexity index is 831. The second kappa shape index (κ2) is 5.32. The number of nitriles is 1. The number of aromatic nitrogens is 1. The summed E-state index contributed by atoms with van der Waals surface area (Å²) in [4.78, 5) is 0. The number of hydrogen-bond acceptors (Lipinski definition) is 4. The molecule has 0 saturated heterocycles. The van der Waals surface area contributed by atoms with E-state index in [-0.39, 0.29) is 11.5 Å². The molecule has 1 aromatic carbocycles. The molecule has 0 bridgehead atoms. The van der Waals surface area contributed by atoms with Gasteiger partial charge in [0.15, 0.2) is 0 Å². The number of hydrazine groups is 1. The summed E-state index contributed by atoms with van der Waals surface area (Å²) in [7, 11) is 1.49. The van der Waals surface area contributed by atoms with Gasteiger partial charge in [-0.25, -0.2) is 5.43 Å². The molecular weight excluding hydrogens is 319 g/mol. The van der Waals surface area contributed by atoms with Crippen LogP contribution in [0.3, 0.4) is 0 Å². The Kier molecular flexibility index (Phi) is 3.53. The third-order valence-corrected chi connectivity index (χ3v) is 4.03. The van der Waals surface area contributed by atoms with Gasteiger partial charge in [0.1, 0.15) is 17.5 Å². The van der Waals surface area contributed by atoms with E-state index in [4.69, 9.17) is 5.73 Å². The molecule has 3 rings (SSSR count). The average molecular weight is 333 g/mol. The Labute approximate surface area is 136 Å². The number of rotatable bonds is 2. The SMILES string of the molecule is Cn1cccc1[C@@]1(C(F)(F)F)NN(c2ccccc2)C(N)=C1C#N. The van der Waals surface area contributed by atoms with Crippen LogP contribution in [0.15, 0.2) is 60.1 Å². The topological polar surface area (TPSA) is 70.0 Å². The normalized spacial score (nSPS) is 21.2. The Hall–Kier alpha value is -2.92. The third kappa shape index (κ3) is 2.06. The molecule has 1 atom stereocenters. The molecule has 1 aliphatic rings. The van der Waals surface area contributed by atoms with Crippen LogP contribution in [0.1, 0.15) is 5.69 Å². The number of hydrogen-bond donors (Lipinski definition) is 2. The summed E-state index contributed by atoms with van der Waals surface area (Å²) in [5.74, 6) is -0.276. The first-order valence-electron chi connectivity index (χ1n) is 7.05. The first-order chi connectivity index (χ1) is 11.3. The highest BCUT2D eigenvalue weighted by atomic mass is 19.4. The maximum atomic E-state index is 14.1. The summed E-state index contributed by atoms with van der Waals surface area (Å²) in [6.45, 7) is 0. The van der Waals surface area contributed by atoms with E-state index in [0.717, 1.165) is 5.01 Å². The summed E-state index contributed by atoms with van der Waals surface area (Å²) in [6, 6.07) is 12.7. The van der Waals surface area contributed by atoms with Crippen molar-refractivity contribution in [2.24, 2.45) is 12.8 Å². The van der Waals surface area contributed by atoms with Gasteiger partial charge in [-0.2, -0.15) is 18.4 Å². The fraction of sp³-hybridized carbons (Fsp3) is 0.188. The Morgan fingerprint density at radius 3 is 2.33 bits per heavy atom. The number of benzene rings is 1. The number of nitrogens with zero attached hydrogens (tertiary/aromatic N) is 3. The molecular formula is C16H14F3N5. The van der Waals surface area contributed by atoms with Crippen LogP contribution >= 0.6 is 0 Å². The number of nitrogens with one attached hydrogen (secondary N) is 1. The van der Waals surface area contributed by atoms with Crippen molar-refractivity contribution >= 4 is 5.69 Å². The molecule has 5 nitrogen and oxygen atoms in total. The van der Waals surface area contributed by atoms with Gasteiger partial charge in [0.05, 0.1) is 11.4 Å². The van der Waals surface area contributed by atoms with E-state index in [1.54, 1.807) is 36.4 Å². The van der Waals surface area contributed by atoms with Crippen LogP contribution in [0.2, 0.25) is 0 Å². The fourth-order valence-corrected chi connectivity index (χ4v) is 2.90. The van der Waals surface area contributed by atoms with E-state index in [1.165, 1.54) is 29.9 Å². The summed E-state index contributed by atoms with van der Waals surface area (Å²) >= 11 is 0. The van der Waals surface area contributed by atoms with Crippen LogP contribution in [-0.4, -0.2) is 10.7 Å². The number of aryl methyl sites for hydroxylation is 1. The first kappa shape index (κ1) is 16.0. The van der Waals surface area contributed by atoms with Crippen LogP contribution in [-0.2, 0) is 12.6 Å². The number of para-hydroxylation sites is 1. The largest absolute Gasteiger partial charge is 0.419 e. The first-order valence-corrected chi connectivity index (χ1v) is 7.05. The average Bonchev–Trinajstić information content (AvgIpc) is 3.09. The van der Waals surface area contributed by atoms with Crippen molar-refractivity contribution in [3.8, 4) is 6.07 Å². The molecule has 0 aliphatic carbocycles. The monoisotopic (exact) mass is 333 g/mol. The minimum absolute atomic E-state index is 0.118. The lowest BCUT2D eigenvalue weighted by Gasteiger charge is -2.34. The molecule has 2 heterocycles. The van der Waals surface area contributed by atoms with E-state index in [0.29, 0.717) is 5.69 Å². The standard InChI is InChI=1S/C16H14F3N5/c1-23-9-5-8-13(23)15(16(17,18)19)12(10-20)14(21)24(22-15)11-6-3-2-4-7-11/h2-9,22H,21H2,1H3/t15-/m0/s1. The van der Waals surface area contributed by atoms with Crippen molar-refractivity contribution < 1.29 is 13.2 Å². The second-order valence-electron chi connectivity index (χ2n) is 5.41. The third-order valence-electron chi connectivity index (χ3n) is 4.03. The quantitative estimate of drug-likeness (QED) is 0.886. The minimum atomic E-state index is -4.78. The summed E-state index contributed by atoms with van der Waals surface area (Å²) in [5.41, 5.74) is 5.32. The van der Waals surface area contributed by atoms with Crippen LogP contribution in [0.4, 0.5) is 18.9 Å². The Morgan fingerprint density at radius 2 is 1.83 bits per heavy atom. The van der Waals surface area contributed by atoms with Gasteiger partial charge in [0.25, 0.3) is 0 Å². The van der Waals surface area contributed by atoms with Gasteiger partial charge in [0.2, 0.25) is 5.54 Å². The highest BCUT2D eigenvalue weighted by Gasteiger charge is 2.65. The molecule has 0 unspecified atom stereocenters. The van der Waals surface area contributed by atoms with Gasteiger partial charge in [-0.05, 0) is 24.3 Å². The van der Waals surface area contributed by atoms with Gasteiger partial charge >= 0.3 is 6.18 Å². The fourth-order valence-electron chi connectivity index (χ4n) is 2.90. The minimum Gasteiger partial charge on any atom is -0.383 e. The maximum absolute atomic E-state index is 14.1. The molecule has 0 amide bonds. The van der Waals surface area contributed by atoms with E-state index in [2.05, 4.69) is 5.43 Å². The predicted molar refractivity (Wildman–Crippen MR) is 82.0 cm³/mol. The molecule has 0 spiro atoms. The van der Waals surface area contributed by atoms with E-state index in [9.17, 15) is 18.4 Å². The van der Waals surface area contributed by atoms with Crippen molar-refractivity contribution in [2.45, 2.75) is 11.7 Å². The second-order valence-corrected chi connectivity index (χ2v) is 5.41. The number of halogens is 3. The van der Waals surface area contributed by atoms with Gasteiger partial charge in [0, 0.05) is 13.2 Å². The maximum Gasteiger partial charge on any atom is 0.419 e. The van der Waals surface area contributed by atoms with Crippen LogP contribution < -0.4 is 16.2 Å². The summed E-state index contributed by atoms with van der Waals surface area (Å²) < 4.78 is 43.7. The van der Waals surface area contributed by atoms with Crippen molar-refractivity contribution in [1.29, 1.82) is 5.26 Å². The highest BCUT2D eigenvalue weighted by Crippen LogP contribution is 2.48. The summed E-state index contributed by atoms with van der Waals surface area (Å²) in [5, 5.41) is 10.5.